The number of rotatable bonds is 6. The van der Waals surface area contributed by atoms with E-state index in [1.54, 1.807) is 26.8 Å². The molecular weight excluding hydrogens is 377 g/mol. The summed E-state index contributed by atoms with van der Waals surface area (Å²) in [6.45, 7) is 8.43. The van der Waals surface area contributed by atoms with Gasteiger partial charge in [0.25, 0.3) is 0 Å². The lowest BCUT2D eigenvalue weighted by molar-refractivity contribution is -0.120. The SMILES string of the molecule is CC(C)(C)OC(=O)NCC(=O)NCC1CN(Cc2ccc(Cl)c(Cl)c2)C1. The fourth-order valence-corrected chi connectivity index (χ4v) is 2.94. The van der Waals surface area contributed by atoms with Crippen LogP contribution >= 0.6 is 23.2 Å². The van der Waals surface area contributed by atoms with Crippen molar-refractivity contribution < 1.29 is 14.3 Å². The summed E-state index contributed by atoms with van der Waals surface area (Å²) < 4.78 is 5.08. The second-order valence-corrected chi connectivity index (χ2v) is 8.28. The van der Waals surface area contributed by atoms with Gasteiger partial charge in [-0.3, -0.25) is 9.69 Å². The molecule has 1 heterocycles. The summed E-state index contributed by atoms with van der Waals surface area (Å²) in [6.07, 6.45) is -0.593. The van der Waals surface area contributed by atoms with Crippen molar-refractivity contribution >= 4 is 35.2 Å². The Kier molecular flexibility index (Phi) is 7.15. The zero-order valence-corrected chi connectivity index (χ0v) is 16.8. The quantitative estimate of drug-likeness (QED) is 0.768. The summed E-state index contributed by atoms with van der Waals surface area (Å²) in [5.74, 6) is 0.182. The van der Waals surface area contributed by atoms with Crippen LogP contribution in [-0.4, -0.2) is 48.7 Å². The fourth-order valence-electron chi connectivity index (χ4n) is 2.62. The number of ether oxygens (including phenoxy) is 1. The van der Waals surface area contributed by atoms with E-state index in [2.05, 4.69) is 15.5 Å². The smallest absolute Gasteiger partial charge is 0.408 e. The van der Waals surface area contributed by atoms with E-state index >= 15 is 0 Å². The van der Waals surface area contributed by atoms with E-state index < -0.39 is 11.7 Å². The zero-order valence-electron chi connectivity index (χ0n) is 15.3. The molecule has 0 unspecified atom stereocenters. The molecular formula is C18H25Cl2N3O3. The highest BCUT2D eigenvalue weighted by atomic mass is 35.5. The molecule has 26 heavy (non-hydrogen) atoms. The number of nitrogens with one attached hydrogen (secondary N) is 2. The number of halogens is 2. The van der Waals surface area contributed by atoms with Crippen molar-refractivity contribution in [2.24, 2.45) is 5.92 Å². The van der Waals surface area contributed by atoms with Crippen LogP contribution in [0.1, 0.15) is 26.3 Å². The summed E-state index contributed by atoms with van der Waals surface area (Å²) >= 11 is 11.9. The van der Waals surface area contributed by atoms with Crippen LogP contribution in [0.15, 0.2) is 18.2 Å². The van der Waals surface area contributed by atoms with Crippen LogP contribution in [0.3, 0.4) is 0 Å². The Labute approximate surface area is 164 Å². The highest BCUT2D eigenvalue weighted by Gasteiger charge is 2.27. The average molecular weight is 402 g/mol. The van der Waals surface area contributed by atoms with Crippen LogP contribution < -0.4 is 10.6 Å². The molecule has 8 heteroatoms. The number of nitrogens with zero attached hydrogens (tertiary/aromatic N) is 1. The second-order valence-electron chi connectivity index (χ2n) is 7.47. The average Bonchev–Trinajstić information content (AvgIpc) is 2.49. The van der Waals surface area contributed by atoms with Crippen LogP contribution in [0.5, 0.6) is 0 Å². The molecule has 1 fully saturated rings. The molecule has 1 saturated heterocycles. The standard InChI is InChI=1S/C18H25Cl2N3O3/c1-18(2,3)26-17(25)22-8-16(24)21-7-13-10-23(11-13)9-12-4-5-14(19)15(20)6-12/h4-6,13H,7-11H2,1-3H3,(H,21,24)(H,22,25). The van der Waals surface area contributed by atoms with E-state index in [4.69, 9.17) is 27.9 Å². The molecule has 0 saturated carbocycles. The molecule has 0 aromatic heterocycles. The van der Waals surface area contributed by atoms with Gasteiger partial charge in [-0.1, -0.05) is 29.3 Å². The summed E-state index contributed by atoms with van der Waals surface area (Å²) in [5, 5.41) is 6.39. The maximum absolute atomic E-state index is 11.8. The number of benzene rings is 1. The van der Waals surface area contributed by atoms with Crippen LogP contribution in [-0.2, 0) is 16.1 Å². The number of carbonyl (C=O) groups is 2. The first-order chi connectivity index (χ1) is 12.1. The van der Waals surface area contributed by atoms with Crippen molar-refractivity contribution in [1.29, 1.82) is 0 Å². The summed E-state index contributed by atoms with van der Waals surface area (Å²) in [5.41, 5.74) is 0.535. The number of hydrogen-bond acceptors (Lipinski definition) is 4. The van der Waals surface area contributed by atoms with E-state index in [0.29, 0.717) is 22.5 Å². The molecule has 1 aromatic carbocycles. The van der Waals surface area contributed by atoms with Gasteiger partial charge in [0.05, 0.1) is 16.6 Å². The first kappa shape index (κ1) is 20.8. The van der Waals surface area contributed by atoms with E-state index in [0.717, 1.165) is 25.2 Å². The summed E-state index contributed by atoms with van der Waals surface area (Å²) in [7, 11) is 0. The van der Waals surface area contributed by atoms with Gasteiger partial charge in [0.2, 0.25) is 5.91 Å². The largest absolute Gasteiger partial charge is 0.444 e. The molecule has 2 amide bonds. The van der Waals surface area contributed by atoms with Gasteiger partial charge in [-0.2, -0.15) is 0 Å². The first-order valence-electron chi connectivity index (χ1n) is 8.52. The maximum Gasteiger partial charge on any atom is 0.408 e. The number of carbonyl (C=O) groups excluding carboxylic acids is 2. The molecule has 1 aliphatic rings. The predicted molar refractivity (Wildman–Crippen MR) is 102 cm³/mol. The third kappa shape index (κ3) is 7.02. The minimum absolute atomic E-state index is 0.0887. The van der Waals surface area contributed by atoms with Crippen molar-refractivity contribution in [2.75, 3.05) is 26.2 Å². The number of likely N-dealkylation sites (tertiary alicyclic amines) is 1. The van der Waals surface area contributed by atoms with Gasteiger partial charge >= 0.3 is 6.09 Å². The Morgan fingerprint density at radius 1 is 1.19 bits per heavy atom. The van der Waals surface area contributed by atoms with Gasteiger partial charge in [0.1, 0.15) is 5.60 Å². The van der Waals surface area contributed by atoms with E-state index in [1.807, 2.05) is 12.1 Å². The molecule has 0 aliphatic carbocycles. The number of amides is 2. The highest BCUT2D eigenvalue weighted by Crippen LogP contribution is 2.25. The van der Waals surface area contributed by atoms with Gasteiger partial charge in [-0.15, -0.1) is 0 Å². The fraction of sp³-hybridized carbons (Fsp3) is 0.556. The van der Waals surface area contributed by atoms with Crippen LogP contribution in [0.4, 0.5) is 4.79 Å². The molecule has 0 spiro atoms. The van der Waals surface area contributed by atoms with E-state index in [1.165, 1.54) is 0 Å². The van der Waals surface area contributed by atoms with Gasteiger partial charge in [0, 0.05) is 32.1 Å². The number of hydrogen-bond donors (Lipinski definition) is 2. The van der Waals surface area contributed by atoms with Gasteiger partial charge in [-0.25, -0.2) is 4.79 Å². The van der Waals surface area contributed by atoms with Crippen LogP contribution in [0, 0.1) is 5.92 Å². The molecule has 0 bridgehead atoms. The van der Waals surface area contributed by atoms with E-state index in [-0.39, 0.29) is 12.5 Å². The van der Waals surface area contributed by atoms with Crippen molar-refractivity contribution in [3.63, 3.8) is 0 Å². The van der Waals surface area contributed by atoms with Crippen molar-refractivity contribution in [1.82, 2.24) is 15.5 Å². The summed E-state index contributed by atoms with van der Waals surface area (Å²) in [4.78, 5) is 25.5. The molecule has 2 N–H and O–H groups in total. The van der Waals surface area contributed by atoms with Crippen LogP contribution in [0.2, 0.25) is 10.0 Å². The maximum atomic E-state index is 11.8. The zero-order chi connectivity index (χ0) is 19.3. The Balaban J connectivity index is 1.59. The van der Waals surface area contributed by atoms with Crippen LogP contribution in [0.25, 0.3) is 0 Å². The molecule has 1 aliphatic heterocycles. The predicted octanol–water partition coefficient (Wildman–Crippen LogP) is 3.07. The lowest BCUT2D eigenvalue weighted by atomic mass is 9.99. The molecule has 0 radical (unpaired) electrons. The molecule has 6 nitrogen and oxygen atoms in total. The molecule has 2 rings (SSSR count). The lowest BCUT2D eigenvalue weighted by Gasteiger charge is -2.39. The van der Waals surface area contributed by atoms with Crippen molar-refractivity contribution in [3.05, 3.63) is 33.8 Å². The lowest BCUT2D eigenvalue weighted by Crippen LogP contribution is -2.51. The van der Waals surface area contributed by atoms with Gasteiger partial charge in [0.15, 0.2) is 0 Å². The normalized spacial score (nSPS) is 15.3. The van der Waals surface area contributed by atoms with Crippen molar-refractivity contribution in [2.45, 2.75) is 32.9 Å². The molecule has 144 valence electrons. The highest BCUT2D eigenvalue weighted by molar-refractivity contribution is 6.42. The topological polar surface area (TPSA) is 70.7 Å². The van der Waals surface area contributed by atoms with Crippen molar-refractivity contribution in [3.8, 4) is 0 Å². The van der Waals surface area contributed by atoms with Gasteiger partial charge < -0.3 is 15.4 Å². The molecule has 0 atom stereocenters. The number of alkyl carbamates (subject to hydrolysis) is 1. The Morgan fingerprint density at radius 2 is 1.88 bits per heavy atom. The Morgan fingerprint density at radius 3 is 2.50 bits per heavy atom. The minimum atomic E-state index is -0.593. The second kappa shape index (κ2) is 8.93. The van der Waals surface area contributed by atoms with E-state index in [9.17, 15) is 9.59 Å². The molecule has 1 aromatic rings. The third-order valence-corrected chi connectivity index (χ3v) is 4.54. The Bertz CT molecular complexity index is 656. The monoisotopic (exact) mass is 401 g/mol. The first-order valence-corrected chi connectivity index (χ1v) is 9.28. The minimum Gasteiger partial charge on any atom is -0.444 e. The Hall–Kier alpha value is -1.50. The van der Waals surface area contributed by atoms with Gasteiger partial charge in [-0.05, 0) is 38.5 Å². The third-order valence-electron chi connectivity index (χ3n) is 3.80. The summed E-state index contributed by atoms with van der Waals surface area (Å²) in [6, 6.07) is 5.64.